The highest BCUT2D eigenvalue weighted by Gasteiger charge is 2.16. The number of aromatic nitrogens is 6. The Balaban J connectivity index is 1.69. The lowest BCUT2D eigenvalue weighted by molar-refractivity contribution is -0.116. The van der Waals surface area contributed by atoms with Crippen LogP contribution in [0.25, 0.3) is 17.1 Å². The third-order valence-electron chi connectivity index (χ3n) is 4.86. The van der Waals surface area contributed by atoms with Crippen LogP contribution in [0.4, 0.5) is 5.69 Å². The van der Waals surface area contributed by atoms with Crippen LogP contribution in [0.3, 0.4) is 0 Å². The maximum Gasteiger partial charge on any atom is 0.264 e. The topological polar surface area (TPSA) is 160 Å². The Morgan fingerprint density at radius 1 is 1.28 bits per heavy atom. The van der Waals surface area contributed by atoms with E-state index in [1.54, 1.807) is 24.1 Å². The van der Waals surface area contributed by atoms with E-state index >= 15 is 0 Å². The van der Waals surface area contributed by atoms with Gasteiger partial charge in [-0.2, -0.15) is 5.10 Å². The van der Waals surface area contributed by atoms with Gasteiger partial charge in [0.1, 0.15) is 18.5 Å². The molecular weight excluding hydrogens is 508 g/mol. The largest absolute Gasteiger partial charge is 0.323 e. The van der Waals surface area contributed by atoms with Crippen molar-refractivity contribution >= 4 is 50.3 Å². The molecule has 0 aliphatic carbocycles. The molecule has 0 spiro atoms. The number of carbonyl (C=O) groups excluding carboxylic acids is 1. The summed E-state index contributed by atoms with van der Waals surface area (Å²) in [7, 11) is -2.20. The normalized spacial score (nSPS) is 11.5. The minimum absolute atomic E-state index is 0.0290. The van der Waals surface area contributed by atoms with E-state index < -0.39 is 21.5 Å². The Morgan fingerprint density at radius 2 is 2.08 bits per heavy atom. The molecule has 0 radical (unpaired) electrons. The molecule has 4 aromatic heterocycles. The molecule has 184 valence electrons. The number of fused-ring (bicyclic) bond motifs is 1. The number of nitrogens with zero attached hydrogens (tertiary/aromatic N) is 6. The summed E-state index contributed by atoms with van der Waals surface area (Å²) in [5, 5.41) is 12.9. The number of hydrogen-bond acceptors (Lipinski definition) is 7. The van der Waals surface area contributed by atoms with E-state index in [1.165, 1.54) is 46.2 Å². The Morgan fingerprint density at radius 3 is 2.78 bits per heavy atom. The third kappa shape index (κ3) is 5.87. The summed E-state index contributed by atoms with van der Waals surface area (Å²) < 4.78 is 27.2. The minimum atomic E-state index is -3.97. The number of anilines is 1. The van der Waals surface area contributed by atoms with Crippen molar-refractivity contribution in [2.45, 2.75) is 13.1 Å². The first-order chi connectivity index (χ1) is 17.1. The van der Waals surface area contributed by atoms with Crippen molar-refractivity contribution in [1.82, 2.24) is 28.9 Å². The number of halogens is 1. The molecule has 0 saturated heterocycles. The Kier molecular flexibility index (Phi) is 7.02. The zero-order chi connectivity index (χ0) is 25.9. The first-order valence-electron chi connectivity index (χ1n) is 10.3. The van der Waals surface area contributed by atoms with Gasteiger partial charge in [0, 0.05) is 42.8 Å². The first-order valence-corrected chi connectivity index (χ1v) is 12.3. The maximum absolute atomic E-state index is 13.2. The van der Waals surface area contributed by atoms with Gasteiger partial charge in [-0.1, -0.05) is 23.4 Å². The van der Waals surface area contributed by atoms with E-state index in [0.29, 0.717) is 11.3 Å². The van der Waals surface area contributed by atoms with Gasteiger partial charge in [0.05, 0.1) is 34.4 Å². The molecule has 12 nitrogen and oxygen atoms in total. The van der Waals surface area contributed by atoms with Gasteiger partial charge in [-0.05, 0) is 12.1 Å². The van der Waals surface area contributed by atoms with E-state index in [0.717, 1.165) is 5.41 Å². The lowest BCUT2D eigenvalue weighted by atomic mass is 10.2. The summed E-state index contributed by atoms with van der Waals surface area (Å²) in [5.74, 6) is 5.34. The fraction of sp³-hybridized carbons (Fsp3) is 0.136. The van der Waals surface area contributed by atoms with Gasteiger partial charge in [-0.15, -0.1) is 0 Å². The number of pyridine rings is 1. The summed E-state index contributed by atoms with van der Waals surface area (Å²) >= 11 is 6.04. The quantitative estimate of drug-likeness (QED) is 0.353. The Hall–Kier alpha value is -4.25. The van der Waals surface area contributed by atoms with E-state index in [9.17, 15) is 18.0 Å². The van der Waals surface area contributed by atoms with Crippen LogP contribution in [-0.4, -0.2) is 43.2 Å². The van der Waals surface area contributed by atoms with Crippen molar-refractivity contribution in [3.8, 4) is 11.8 Å². The van der Waals surface area contributed by atoms with Crippen molar-refractivity contribution in [2.75, 3.05) is 5.32 Å². The number of sulfonamides is 1. The zero-order valence-electron chi connectivity index (χ0n) is 18.8. The molecule has 0 bridgehead atoms. The molecule has 0 atom stereocenters. The highest BCUT2D eigenvalue weighted by molar-refractivity contribution is 7.92. The van der Waals surface area contributed by atoms with E-state index in [1.807, 2.05) is 0 Å². The average Bonchev–Trinajstić information content (AvgIpc) is 3.38. The molecule has 4 heterocycles. The number of primary sulfonamides is 1. The van der Waals surface area contributed by atoms with Crippen LogP contribution in [0, 0.1) is 11.8 Å². The van der Waals surface area contributed by atoms with Crippen molar-refractivity contribution in [3.63, 3.8) is 0 Å². The molecule has 4 rings (SSSR count). The van der Waals surface area contributed by atoms with Crippen LogP contribution < -0.4 is 16.0 Å². The van der Waals surface area contributed by atoms with E-state index in [-0.39, 0.29) is 34.7 Å². The summed E-state index contributed by atoms with van der Waals surface area (Å²) in [6.07, 6.45) is 10.1. The van der Waals surface area contributed by atoms with E-state index in [4.69, 9.17) is 16.7 Å². The molecule has 3 N–H and O–H groups in total. The zero-order valence-corrected chi connectivity index (χ0v) is 20.4. The molecule has 0 aromatic carbocycles. The smallest absolute Gasteiger partial charge is 0.264 e. The second-order valence-corrected chi connectivity index (χ2v) is 9.45. The van der Waals surface area contributed by atoms with Crippen molar-refractivity contribution in [1.29, 1.82) is 0 Å². The Bertz CT molecular complexity index is 1720. The Labute approximate surface area is 210 Å². The second kappa shape index (κ2) is 10.2. The van der Waals surface area contributed by atoms with Gasteiger partial charge in [0.25, 0.3) is 5.56 Å². The van der Waals surface area contributed by atoms with Crippen LogP contribution >= 0.6 is 11.6 Å². The van der Waals surface area contributed by atoms with Crippen LogP contribution in [0.15, 0.2) is 53.6 Å². The van der Waals surface area contributed by atoms with Gasteiger partial charge < -0.3 is 9.88 Å². The molecule has 0 saturated carbocycles. The highest BCUT2D eigenvalue weighted by Crippen LogP contribution is 2.21. The molecule has 4 aromatic rings. The van der Waals surface area contributed by atoms with Crippen LogP contribution in [-0.2, 0) is 35.0 Å². The standard InChI is InChI=1S/C22H19ClN8O4S/c1-29-11-15(9-27-29)3-2-7-30-14-26-21-20(22(30)33)16(5-8-36(24,34)35)12-31(21)13-19(32)28-18-4-6-25-10-17(18)23/h4-6,8-12,14H,7,13H2,1H3,(H2,24,34,35)(H,25,28,32)/b8-5+. The van der Waals surface area contributed by atoms with Crippen LogP contribution in [0.2, 0.25) is 5.02 Å². The fourth-order valence-electron chi connectivity index (χ4n) is 3.31. The fourth-order valence-corrected chi connectivity index (χ4v) is 3.81. The first kappa shape index (κ1) is 24.9. The van der Waals surface area contributed by atoms with Crippen LogP contribution in [0.1, 0.15) is 11.1 Å². The van der Waals surface area contributed by atoms with Crippen LogP contribution in [0.5, 0.6) is 0 Å². The predicted octanol–water partition coefficient (Wildman–Crippen LogP) is 0.929. The van der Waals surface area contributed by atoms with Crippen molar-refractivity contribution < 1.29 is 13.2 Å². The SMILES string of the molecule is Cn1cc(C#CCn2cnc3c(c(/C=C/S(N)(=O)=O)cn3CC(=O)Nc3ccncc3Cl)c2=O)cn1. The summed E-state index contributed by atoms with van der Waals surface area (Å²) in [4.78, 5) is 34.1. The number of hydrogen-bond donors (Lipinski definition) is 2. The number of carbonyl (C=O) groups is 1. The van der Waals surface area contributed by atoms with Gasteiger partial charge >= 0.3 is 0 Å². The van der Waals surface area contributed by atoms with Gasteiger partial charge in [-0.3, -0.25) is 23.8 Å². The van der Waals surface area contributed by atoms with Gasteiger partial charge in [0.15, 0.2) is 0 Å². The molecule has 36 heavy (non-hydrogen) atoms. The molecule has 14 heteroatoms. The number of rotatable bonds is 6. The number of amides is 1. The lowest BCUT2D eigenvalue weighted by Gasteiger charge is -2.08. The van der Waals surface area contributed by atoms with Crippen molar-refractivity contribution in [2.24, 2.45) is 12.2 Å². The molecule has 0 unspecified atom stereocenters. The summed E-state index contributed by atoms with van der Waals surface area (Å²) in [6, 6.07) is 1.54. The summed E-state index contributed by atoms with van der Waals surface area (Å²) in [5.41, 5.74) is 0.987. The van der Waals surface area contributed by atoms with Gasteiger partial charge in [0.2, 0.25) is 15.9 Å². The van der Waals surface area contributed by atoms with Crippen molar-refractivity contribution in [3.05, 3.63) is 75.3 Å². The molecular formula is C22H19ClN8O4S. The predicted molar refractivity (Wildman–Crippen MR) is 134 cm³/mol. The van der Waals surface area contributed by atoms with Gasteiger partial charge in [-0.25, -0.2) is 18.5 Å². The molecule has 0 fully saturated rings. The molecule has 0 aliphatic rings. The monoisotopic (exact) mass is 526 g/mol. The number of nitrogens with two attached hydrogens (primary N) is 1. The highest BCUT2D eigenvalue weighted by atomic mass is 35.5. The molecule has 1 amide bonds. The molecule has 0 aliphatic heterocycles. The lowest BCUT2D eigenvalue weighted by Crippen LogP contribution is -2.22. The number of aryl methyl sites for hydroxylation is 1. The third-order valence-corrected chi connectivity index (χ3v) is 5.67. The number of nitrogens with one attached hydrogen (secondary N) is 1. The summed E-state index contributed by atoms with van der Waals surface area (Å²) in [6.45, 7) is -0.198. The minimum Gasteiger partial charge on any atom is -0.323 e. The average molecular weight is 527 g/mol. The maximum atomic E-state index is 13.2. The van der Waals surface area contributed by atoms with E-state index in [2.05, 4.69) is 32.2 Å². The second-order valence-electron chi connectivity index (χ2n) is 7.59.